The zero-order valence-electron chi connectivity index (χ0n) is 11.7. The van der Waals surface area contributed by atoms with Crippen LogP contribution < -0.4 is 5.56 Å². The lowest BCUT2D eigenvalue weighted by molar-refractivity contribution is 0.405. The van der Waals surface area contributed by atoms with Crippen LogP contribution in [-0.2, 0) is 6.54 Å². The Bertz CT molecular complexity index is 846. The van der Waals surface area contributed by atoms with Gasteiger partial charge in [0, 0.05) is 12.1 Å². The van der Waals surface area contributed by atoms with E-state index in [-0.39, 0.29) is 5.56 Å². The molecule has 2 aromatic heterocycles. The maximum Gasteiger partial charge on any atom is 0.296 e. The summed E-state index contributed by atoms with van der Waals surface area (Å²) < 4.78 is 6.60. The maximum absolute atomic E-state index is 12.2. The number of aromatic nitrogens is 3. The number of rotatable bonds is 2. The molecule has 0 saturated heterocycles. The average Bonchev–Trinajstić information content (AvgIpc) is 2.82. The molecule has 0 spiro atoms. The van der Waals surface area contributed by atoms with E-state index in [4.69, 9.17) is 4.52 Å². The summed E-state index contributed by atoms with van der Waals surface area (Å²) in [6, 6.07) is 8.02. The molecule has 0 aliphatic carbocycles. The first-order valence-electron chi connectivity index (χ1n) is 6.56. The second-order valence-electron chi connectivity index (χ2n) is 4.80. The molecule has 0 saturated carbocycles. The fourth-order valence-corrected chi connectivity index (χ4v) is 2.34. The smallest absolute Gasteiger partial charge is 0.296 e. The molecule has 1 aromatic carbocycles. The van der Waals surface area contributed by atoms with Gasteiger partial charge in [-0.15, -0.1) is 0 Å². The second-order valence-corrected chi connectivity index (χ2v) is 4.80. The van der Waals surface area contributed by atoms with Crippen molar-refractivity contribution in [2.75, 3.05) is 0 Å². The summed E-state index contributed by atoms with van der Waals surface area (Å²) >= 11 is 0. The minimum atomic E-state index is -0.212. The fraction of sp³-hybridized carbons (Fsp3) is 0.267. The van der Waals surface area contributed by atoms with E-state index in [1.54, 1.807) is 6.92 Å². The Kier molecular flexibility index (Phi) is 2.89. The van der Waals surface area contributed by atoms with E-state index in [9.17, 15) is 4.79 Å². The number of hydrogen-bond donors (Lipinski definition) is 0. The molecule has 102 valence electrons. The molecule has 0 aliphatic heterocycles. The van der Waals surface area contributed by atoms with Crippen molar-refractivity contribution < 1.29 is 4.52 Å². The van der Waals surface area contributed by atoms with Crippen LogP contribution in [-0.4, -0.2) is 14.9 Å². The van der Waals surface area contributed by atoms with E-state index < -0.39 is 0 Å². The second kappa shape index (κ2) is 4.59. The summed E-state index contributed by atoms with van der Waals surface area (Å²) in [6.07, 6.45) is 0. The molecule has 0 unspecified atom stereocenters. The number of benzene rings is 1. The molecule has 0 fully saturated rings. The SMILES string of the molecule is CCn1nc(-c2cccc(C)c2)c2c(C)onc2c1=O. The molecule has 0 atom stereocenters. The van der Waals surface area contributed by atoms with Gasteiger partial charge in [0.15, 0.2) is 5.52 Å². The van der Waals surface area contributed by atoms with E-state index in [2.05, 4.69) is 10.3 Å². The summed E-state index contributed by atoms with van der Waals surface area (Å²) in [4.78, 5) is 12.2. The van der Waals surface area contributed by atoms with Crippen LogP contribution in [0.5, 0.6) is 0 Å². The first-order chi connectivity index (χ1) is 9.61. The van der Waals surface area contributed by atoms with Crippen molar-refractivity contribution in [3.05, 3.63) is 45.9 Å². The van der Waals surface area contributed by atoms with Gasteiger partial charge in [-0.3, -0.25) is 4.79 Å². The lowest BCUT2D eigenvalue weighted by Gasteiger charge is -2.07. The van der Waals surface area contributed by atoms with Crippen molar-refractivity contribution in [1.29, 1.82) is 0 Å². The Morgan fingerprint density at radius 1 is 1.30 bits per heavy atom. The highest BCUT2D eigenvalue weighted by Gasteiger charge is 2.18. The number of hydrogen-bond acceptors (Lipinski definition) is 4. The number of fused-ring (bicyclic) bond motifs is 1. The van der Waals surface area contributed by atoms with Crippen LogP contribution in [0, 0.1) is 13.8 Å². The highest BCUT2D eigenvalue weighted by molar-refractivity contribution is 5.93. The Morgan fingerprint density at radius 2 is 2.10 bits per heavy atom. The third kappa shape index (κ3) is 1.82. The van der Waals surface area contributed by atoms with Crippen LogP contribution in [0.1, 0.15) is 18.2 Å². The molecule has 20 heavy (non-hydrogen) atoms. The Labute approximate surface area is 115 Å². The van der Waals surface area contributed by atoms with Crippen LogP contribution in [0.2, 0.25) is 0 Å². The van der Waals surface area contributed by atoms with E-state index in [0.29, 0.717) is 23.2 Å². The molecule has 0 aliphatic rings. The Morgan fingerprint density at radius 3 is 2.80 bits per heavy atom. The van der Waals surface area contributed by atoms with Crippen LogP contribution in [0.25, 0.3) is 22.2 Å². The lowest BCUT2D eigenvalue weighted by Crippen LogP contribution is -2.23. The van der Waals surface area contributed by atoms with Gasteiger partial charge in [0.25, 0.3) is 5.56 Å². The van der Waals surface area contributed by atoms with Crippen LogP contribution in [0.3, 0.4) is 0 Å². The van der Waals surface area contributed by atoms with Gasteiger partial charge in [0.1, 0.15) is 11.5 Å². The van der Waals surface area contributed by atoms with E-state index in [0.717, 1.165) is 16.8 Å². The van der Waals surface area contributed by atoms with Gasteiger partial charge in [-0.25, -0.2) is 4.68 Å². The first kappa shape index (κ1) is 12.6. The van der Waals surface area contributed by atoms with Gasteiger partial charge < -0.3 is 4.52 Å². The molecule has 0 amide bonds. The average molecular weight is 269 g/mol. The van der Waals surface area contributed by atoms with Gasteiger partial charge in [-0.2, -0.15) is 5.10 Å². The van der Waals surface area contributed by atoms with Gasteiger partial charge in [0.05, 0.1) is 5.39 Å². The van der Waals surface area contributed by atoms with Crippen molar-refractivity contribution in [2.24, 2.45) is 0 Å². The van der Waals surface area contributed by atoms with Crippen molar-refractivity contribution in [1.82, 2.24) is 14.9 Å². The predicted octanol–water partition coefficient (Wildman–Crippen LogP) is 2.69. The lowest BCUT2D eigenvalue weighted by atomic mass is 10.1. The van der Waals surface area contributed by atoms with Crippen molar-refractivity contribution in [3.63, 3.8) is 0 Å². The van der Waals surface area contributed by atoms with Crippen molar-refractivity contribution in [3.8, 4) is 11.3 Å². The standard InChI is InChI=1S/C15H15N3O2/c1-4-18-15(19)14-12(10(3)20-17-14)13(16-18)11-7-5-6-9(2)8-11/h5-8H,4H2,1-3H3. The molecule has 0 bridgehead atoms. The highest BCUT2D eigenvalue weighted by Crippen LogP contribution is 2.27. The molecule has 2 heterocycles. The van der Waals surface area contributed by atoms with Gasteiger partial charge in [-0.05, 0) is 26.8 Å². The molecular weight excluding hydrogens is 254 g/mol. The monoisotopic (exact) mass is 269 g/mol. The van der Waals surface area contributed by atoms with Crippen LogP contribution >= 0.6 is 0 Å². The maximum atomic E-state index is 12.2. The molecule has 3 rings (SSSR count). The fourth-order valence-electron chi connectivity index (χ4n) is 2.34. The zero-order valence-corrected chi connectivity index (χ0v) is 11.7. The first-order valence-corrected chi connectivity index (χ1v) is 6.56. The molecule has 5 heteroatoms. The Balaban J connectivity index is 2.43. The third-order valence-electron chi connectivity index (χ3n) is 3.35. The molecule has 0 radical (unpaired) electrons. The summed E-state index contributed by atoms with van der Waals surface area (Å²) in [5.41, 5.74) is 2.97. The van der Waals surface area contributed by atoms with Gasteiger partial charge in [-0.1, -0.05) is 28.9 Å². The minimum Gasteiger partial charge on any atom is -0.360 e. The van der Waals surface area contributed by atoms with Crippen LogP contribution in [0.15, 0.2) is 33.6 Å². The number of aryl methyl sites for hydroxylation is 3. The van der Waals surface area contributed by atoms with E-state index >= 15 is 0 Å². The Hall–Kier alpha value is -2.43. The van der Waals surface area contributed by atoms with Gasteiger partial charge in [0.2, 0.25) is 0 Å². The molecule has 3 aromatic rings. The normalized spacial score (nSPS) is 11.2. The predicted molar refractivity (Wildman–Crippen MR) is 76.6 cm³/mol. The van der Waals surface area contributed by atoms with Crippen LogP contribution in [0.4, 0.5) is 0 Å². The minimum absolute atomic E-state index is 0.212. The summed E-state index contributed by atoms with van der Waals surface area (Å²) in [5.74, 6) is 0.615. The summed E-state index contributed by atoms with van der Waals surface area (Å²) in [5, 5.41) is 9.05. The summed E-state index contributed by atoms with van der Waals surface area (Å²) in [6.45, 7) is 6.20. The number of nitrogens with zero attached hydrogens (tertiary/aromatic N) is 3. The topological polar surface area (TPSA) is 60.9 Å². The van der Waals surface area contributed by atoms with Crippen molar-refractivity contribution in [2.45, 2.75) is 27.3 Å². The highest BCUT2D eigenvalue weighted by atomic mass is 16.5. The molecule has 5 nitrogen and oxygen atoms in total. The third-order valence-corrected chi connectivity index (χ3v) is 3.35. The largest absolute Gasteiger partial charge is 0.360 e. The van der Waals surface area contributed by atoms with Gasteiger partial charge >= 0.3 is 0 Å². The van der Waals surface area contributed by atoms with E-state index in [1.807, 2.05) is 38.1 Å². The molecular formula is C15H15N3O2. The summed E-state index contributed by atoms with van der Waals surface area (Å²) in [7, 11) is 0. The van der Waals surface area contributed by atoms with Crippen molar-refractivity contribution >= 4 is 10.9 Å². The molecule has 0 N–H and O–H groups in total. The zero-order chi connectivity index (χ0) is 14.3. The van der Waals surface area contributed by atoms with E-state index in [1.165, 1.54) is 4.68 Å². The quantitative estimate of drug-likeness (QED) is 0.717.